The summed E-state index contributed by atoms with van der Waals surface area (Å²) in [6, 6.07) is 4.72. The second-order valence-corrected chi connectivity index (χ2v) is 5.57. The van der Waals surface area contributed by atoms with E-state index in [1.54, 1.807) is 12.1 Å². The summed E-state index contributed by atoms with van der Waals surface area (Å²) < 4.78 is 19.5. The monoisotopic (exact) mass is 319 g/mol. The molecule has 3 rings (SSSR count). The van der Waals surface area contributed by atoms with Gasteiger partial charge in [-0.05, 0) is 18.2 Å². The summed E-state index contributed by atoms with van der Waals surface area (Å²) in [5, 5.41) is 2.61. The highest BCUT2D eigenvalue weighted by atomic mass is 19.1. The molecule has 2 amide bonds. The number of benzene rings is 1. The molecule has 1 saturated heterocycles. The second-order valence-electron chi connectivity index (χ2n) is 5.57. The fourth-order valence-corrected chi connectivity index (χ4v) is 2.69. The molecule has 2 aliphatic heterocycles. The standard InChI is InChI=1S/C16H18FN3O3/c1-11(21)18-9-13-10-20(16(22)23-13)12-4-5-15(14(17)8-12)19-6-2-3-7-19/h2-5,8,13H,6-7,9-10H2,1H3,(H,18,21). The quantitative estimate of drug-likeness (QED) is 0.858. The van der Waals surface area contributed by atoms with Crippen molar-refractivity contribution < 1.29 is 18.7 Å². The summed E-state index contributed by atoms with van der Waals surface area (Å²) in [5.74, 6) is -0.557. The van der Waals surface area contributed by atoms with Crippen LogP contribution in [0.25, 0.3) is 0 Å². The van der Waals surface area contributed by atoms with Gasteiger partial charge in [-0.2, -0.15) is 0 Å². The average Bonchev–Trinajstić information content (AvgIpc) is 3.14. The van der Waals surface area contributed by atoms with Crippen LogP contribution in [0.1, 0.15) is 6.92 Å². The fourth-order valence-electron chi connectivity index (χ4n) is 2.69. The molecule has 2 aliphatic rings. The zero-order chi connectivity index (χ0) is 16.4. The highest BCUT2D eigenvalue weighted by Gasteiger charge is 2.32. The Kier molecular flexibility index (Phi) is 4.18. The molecule has 0 aliphatic carbocycles. The number of cyclic esters (lactones) is 1. The largest absolute Gasteiger partial charge is 0.442 e. The van der Waals surface area contributed by atoms with Crippen molar-refractivity contribution in [2.45, 2.75) is 13.0 Å². The van der Waals surface area contributed by atoms with Gasteiger partial charge in [0.25, 0.3) is 0 Å². The molecule has 1 aromatic rings. The lowest BCUT2D eigenvalue weighted by atomic mass is 10.2. The number of rotatable bonds is 4. The highest BCUT2D eigenvalue weighted by Crippen LogP contribution is 2.28. The summed E-state index contributed by atoms with van der Waals surface area (Å²) in [7, 11) is 0. The molecule has 7 heteroatoms. The Labute approximate surface area is 133 Å². The van der Waals surface area contributed by atoms with Crippen LogP contribution < -0.4 is 15.1 Å². The average molecular weight is 319 g/mol. The van der Waals surface area contributed by atoms with Gasteiger partial charge in [0.05, 0.1) is 24.5 Å². The van der Waals surface area contributed by atoms with E-state index < -0.39 is 12.2 Å². The third-order valence-electron chi connectivity index (χ3n) is 3.85. The maximum atomic E-state index is 14.3. The van der Waals surface area contributed by atoms with Crippen LogP contribution in [0, 0.1) is 5.82 Å². The predicted molar refractivity (Wildman–Crippen MR) is 84.1 cm³/mol. The number of halogens is 1. The van der Waals surface area contributed by atoms with E-state index in [0.717, 1.165) is 0 Å². The Morgan fingerprint density at radius 2 is 2.13 bits per heavy atom. The van der Waals surface area contributed by atoms with Crippen molar-refractivity contribution >= 4 is 23.4 Å². The normalized spacial score (nSPS) is 20.1. The van der Waals surface area contributed by atoms with Crippen molar-refractivity contribution in [1.82, 2.24) is 5.32 Å². The maximum Gasteiger partial charge on any atom is 0.414 e. The molecule has 6 nitrogen and oxygen atoms in total. The summed E-state index contributed by atoms with van der Waals surface area (Å²) in [6.45, 7) is 3.29. The molecule has 1 aromatic carbocycles. The van der Waals surface area contributed by atoms with Crippen molar-refractivity contribution in [3.63, 3.8) is 0 Å². The molecule has 23 heavy (non-hydrogen) atoms. The zero-order valence-electron chi connectivity index (χ0n) is 12.8. The SMILES string of the molecule is CC(=O)NCC1CN(c2ccc(N3CC=CC3)c(F)c2)C(=O)O1. The topological polar surface area (TPSA) is 61.9 Å². The molecule has 122 valence electrons. The lowest BCUT2D eigenvalue weighted by Crippen LogP contribution is -2.33. The molecule has 1 atom stereocenters. The first-order chi connectivity index (χ1) is 11.0. The Morgan fingerprint density at radius 1 is 1.39 bits per heavy atom. The van der Waals surface area contributed by atoms with Gasteiger partial charge in [-0.15, -0.1) is 0 Å². The molecular weight excluding hydrogens is 301 g/mol. The summed E-state index contributed by atoms with van der Waals surface area (Å²) in [4.78, 5) is 26.1. The van der Waals surface area contributed by atoms with Crippen LogP contribution in [0.5, 0.6) is 0 Å². The second kappa shape index (κ2) is 6.28. The van der Waals surface area contributed by atoms with Gasteiger partial charge < -0.3 is 15.0 Å². The minimum Gasteiger partial charge on any atom is -0.442 e. The number of hydrogen-bond acceptors (Lipinski definition) is 4. The summed E-state index contributed by atoms with van der Waals surface area (Å²) in [6.07, 6.45) is 3.00. The van der Waals surface area contributed by atoms with Crippen LogP contribution in [0.3, 0.4) is 0 Å². The van der Waals surface area contributed by atoms with Gasteiger partial charge in [0.1, 0.15) is 11.9 Å². The number of carbonyl (C=O) groups excluding carboxylic acids is 2. The molecule has 1 unspecified atom stereocenters. The van der Waals surface area contributed by atoms with E-state index in [0.29, 0.717) is 24.5 Å². The van der Waals surface area contributed by atoms with Crippen molar-refractivity contribution in [2.75, 3.05) is 36.0 Å². The number of nitrogens with one attached hydrogen (secondary N) is 1. The van der Waals surface area contributed by atoms with Gasteiger partial charge in [0.2, 0.25) is 5.91 Å². The number of anilines is 2. The minimum absolute atomic E-state index is 0.186. The zero-order valence-corrected chi connectivity index (χ0v) is 12.8. The van der Waals surface area contributed by atoms with E-state index in [-0.39, 0.29) is 24.8 Å². The summed E-state index contributed by atoms with van der Waals surface area (Å²) in [5.41, 5.74) is 0.967. The van der Waals surface area contributed by atoms with Crippen LogP contribution in [0.4, 0.5) is 20.6 Å². The lowest BCUT2D eigenvalue weighted by molar-refractivity contribution is -0.119. The van der Waals surface area contributed by atoms with Crippen LogP contribution in [-0.4, -0.2) is 44.3 Å². The van der Waals surface area contributed by atoms with Gasteiger partial charge in [0.15, 0.2) is 0 Å². The highest BCUT2D eigenvalue weighted by molar-refractivity contribution is 5.90. The molecule has 0 radical (unpaired) electrons. The van der Waals surface area contributed by atoms with E-state index in [9.17, 15) is 14.0 Å². The van der Waals surface area contributed by atoms with Gasteiger partial charge in [0, 0.05) is 20.0 Å². The Hall–Kier alpha value is -2.57. The van der Waals surface area contributed by atoms with Crippen molar-refractivity contribution in [2.24, 2.45) is 0 Å². The van der Waals surface area contributed by atoms with Crippen LogP contribution in [0.2, 0.25) is 0 Å². The molecule has 2 heterocycles. The number of hydrogen-bond donors (Lipinski definition) is 1. The number of carbonyl (C=O) groups is 2. The van der Waals surface area contributed by atoms with E-state index in [1.165, 1.54) is 17.9 Å². The van der Waals surface area contributed by atoms with Gasteiger partial charge in [-0.3, -0.25) is 9.69 Å². The first kappa shape index (κ1) is 15.3. The fraction of sp³-hybridized carbons (Fsp3) is 0.375. The Balaban J connectivity index is 1.70. The maximum absolute atomic E-state index is 14.3. The van der Waals surface area contributed by atoms with Crippen LogP contribution in [0.15, 0.2) is 30.4 Å². The first-order valence-corrected chi connectivity index (χ1v) is 7.46. The van der Waals surface area contributed by atoms with Gasteiger partial charge in [-0.1, -0.05) is 12.2 Å². The summed E-state index contributed by atoms with van der Waals surface area (Å²) >= 11 is 0. The van der Waals surface area contributed by atoms with E-state index in [2.05, 4.69) is 5.32 Å². The predicted octanol–water partition coefficient (Wildman–Crippen LogP) is 1.66. The van der Waals surface area contributed by atoms with Crippen LogP contribution >= 0.6 is 0 Å². The number of amides is 2. The van der Waals surface area contributed by atoms with Crippen LogP contribution in [-0.2, 0) is 9.53 Å². The van der Waals surface area contributed by atoms with Gasteiger partial charge >= 0.3 is 6.09 Å². The third kappa shape index (κ3) is 3.28. The Morgan fingerprint density at radius 3 is 2.78 bits per heavy atom. The number of ether oxygens (including phenoxy) is 1. The molecule has 0 aromatic heterocycles. The minimum atomic E-state index is -0.532. The molecule has 0 bridgehead atoms. The van der Waals surface area contributed by atoms with Crippen molar-refractivity contribution in [3.8, 4) is 0 Å². The van der Waals surface area contributed by atoms with Crippen molar-refractivity contribution in [3.05, 3.63) is 36.2 Å². The van der Waals surface area contributed by atoms with E-state index >= 15 is 0 Å². The smallest absolute Gasteiger partial charge is 0.414 e. The Bertz CT molecular complexity index is 654. The molecule has 0 spiro atoms. The van der Waals surface area contributed by atoms with Gasteiger partial charge in [-0.25, -0.2) is 9.18 Å². The van der Waals surface area contributed by atoms with E-state index in [4.69, 9.17) is 4.74 Å². The molecule has 1 N–H and O–H groups in total. The molecular formula is C16H18FN3O3. The van der Waals surface area contributed by atoms with E-state index in [1.807, 2.05) is 17.1 Å². The number of nitrogens with zero attached hydrogens (tertiary/aromatic N) is 2. The third-order valence-corrected chi connectivity index (χ3v) is 3.85. The molecule has 1 fully saturated rings. The molecule has 0 saturated carbocycles. The van der Waals surface area contributed by atoms with Crippen molar-refractivity contribution in [1.29, 1.82) is 0 Å². The lowest BCUT2D eigenvalue weighted by Gasteiger charge is -2.20. The first-order valence-electron chi connectivity index (χ1n) is 7.46.